The van der Waals surface area contributed by atoms with Crippen molar-refractivity contribution in [2.45, 2.75) is 6.54 Å². The fraction of sp³-hybridized carbons (Fsp3) is 0.364. The van der Waals surface area contributed by atoms with Gasteiger partial charge in [0.15, 0.2) is 0 Å². The molecular formula is C22H27N5O4. The second-order valence-electron chi connectivity index (χ2n) is 7.83. The minimum absolute atomic E-state index is 0.0111. The zero-order valence-corrected chi connectivity index (χ0v) is 18.0. The van der Waals surface area contributed by atoms with Gasteiger partial charge in [-0.2, -0.15) is 0 Å². The molecule has 9 nitrogen and oxygen atoms in total. The molecule has 31 heavy (non-hydrogen) atoms. The summed E-state index contributed by atoms with van der Waals surface area (Å²) in [4.78, 5) is 41.6. The number of carbonyl (C=O) groups is 2. The van der Waals surface area contributed by atoms with Crippen molar-refractivity contribution in [3.63, 3.8) is 0 Å². The van der Waals surface area contributed by atoms with Crippen molar-refractivity contribution >= 4 is 23.2 Å². The molecule has 3 rings (SSSR count). The van der Waals surface area contributed by atoms with Crippen LogP contribution in [0.4, 0.5) is 11.4 Å². The first-order valence-electron chi connectivity index (χ1n) is 10.1. The molecule has 2 aromatic rings. The lowest BCUT2D eigenvalue weighted by atomic mass is 10.1. The van der Waals surface area contributed by atoms with Gasteiger partial charge in [-0.05, 0) is 36.9 Å². The first-order chi connectivity index (χ1) is 14.8. The summed E-state index contributed by atoms with van der Waals surface area (Å²) in [5.41, 5.74) is 1.99. The topological polar surface area (TPSA) is 99.0 Å². The van der Waals surface area contributed by atoms with Crippen LogP contribution in [0.1, 0.15) is 26.3 Å². The molecule has 0 aliphatic carbocycles. The van der Waals surface area contributed by atoms with E-state index in [0.717, 1.165) is 18.7 Å². The minimum atomic E-state index is -0.498. The van der Waals surface area contributed by atoms with Crippen LogP contribution in [0.5, 0.6) is 0 Å². The summed E-state index contributed by atoms with van der Waals surface area (Å²) in [6, 6.07) is 11.5. The van der Waals surface area contributed by atoms with Gasteiger partial charge >= 0.3 is 0 Å². The lowest BCUT2D eigenvalue weighted by Gasteiger charge is -2.32. The molecule has 1 heterocycles. The second kappa shape index (κ2) is 9.57. The summed E-state index contributed by atoms with van der Waals surface area (Å²) < 4.78 is 0. The Balaban J connectivity index is 1.61. The maximum atomic E-state index is 12.6. The van der Waals surface area contributed by atoms with E-state index in [2.05, 4.69) is 10.2 Å². The number of hydrogen-bond donors (Lipinski definition) is 1. The van der Waals surface area contributed by atoms with E-state index < -0.39 is 10.8 Å². The number of amides is 2. The molecule has 0 aromatic heterocycles. The highest BCUT2D eigenvalue weighted by atomic mass is 16.6. The third-order valence-electron chi connectivity index (χ3n) is 5.36. The van der Waals surface area contributed by atoms with Gasteiger partial charge in [-0.1, -0.05) is 12.1 Å². The van der Waals surface area contributed by atoms with Crippen molar-refractivity contribution in [3.8, 4) is 0 Å². The first kappa shape index (κ1) is 22.2. The molecule has 0 bridgehead atoms. The van der Waals surface area contributed by atoms with Crippen molar-refractivity contribution in [1.82, 2.24) is 15.1 Å². The van der Waals surface area contributed by atoms with Gasteiger partial charge in [0.2, 0.25) is 0 Å². The Morgan fingerprint density at radius 2 is 1.65 bits per heavy atom. The molecule has 2 amide bonds. The Hall–Kier alpha value is -3.46. The van der Waals surface area contributed by atoms with E-state index in [1.807, 2.05) is 11.9 Å². The second-order valence-corrected chi connectivity index (χ2v) is 7.83. The van der Waals surface area contributed by atoms with Crippen LogP contribution in [0.3, 0.4) is 0 Å². The average molecular weight is 425 g/mol. The summed E-state index contributed by atoms with van der Waals surface area (Å²) in [5, 5.41) is 14.1. The smallest absolute Gasteiger partial charge is 0.293 e. The number of rotatable bonds is 6. The third-order valence-corrected chi connectivity index (χ3v) is 5.36. The zero-order chi connectivity index (χ0) is 22.5. The summed E-state index contributed by atoms with van der Waals surface area (Å²) in [6.45, 7) is 3.41. The zero-order valence-electron chi connectivity index (χ0n) is 18.0. The average Bonchev–Trinajstić information content (AvgIpc) is 2.77. The number of nitrogens with one attached hydrogen (secondary N) is 1. The monoisotopic (exact) mass is 425 g/mol. The van der Waals surface area contributed by atoms with Gasteiger partial charge in [0.1, 0.15) is 5.69 Å². The van der Waals surface area contributed by atoms with Gasteiger partial charge in [0, 0.05) is 64.0 Å². The van der Waals surface area contributed by atoms with Crippen molar-refractivity contribution in [2.75, 3.05) is 52.2 Å². The molecule has 9 heteroatoms. The van der Waals surface area contributed by atoms with E-state index in [0.29, 0.717) is 24.3 Å². The number of nitro benzene ring substituents is 1. The van der Waals surface area contributed by atoms with Crippen LogP contribution in [-0.4, -0.2) is 73.9 Å². The molecule has 0 unspecified atom stereocenters. The van der Waals surface area contributed by atoms with Crippen molar-refractivity contribution < 1.29 is 14.5 Å². The number of benzene rings is 2. The van der Waals surface area contributed by atoms with Gasteiger partial charge < -0.3 is 20.0 Å². The normalized spacial score (nSPS) is 14.2. The van der Waals surface area contributed by atoms with Gasteiger partial charge in [0.05, 0.1) is 4.92 Å². The van der Waals surface area contributed by atoms with Crippen LogP contribution in [0, 0.1) is 10.1 Å². The predicted molar refractivity (Wildman–Crippen MR) is 118 cm³/mol. The maximum absolute atomic E-state index is 12.6. The summed E-state index contributed by atoms with van der Waals surface area (Å²) in [7, 11) is 5.46. The molecule has 1 N–H and O–H groups in total. The number of piperazine rings is 1. The Morgan fingerprint density at radius 1 is 1.03 bits per heavy atom. The van der Waals surface area contributed by atoms with Gasteiger partial charge in [-0.3, -0.25) is 19.7 Å². The summed E-state index contributed by atoms with van der Waals surface area (Å²) in [5.74, 6) is -0.386. The fourth-order valence-electron chi connectivity index (χ4n) is 3.43. The third kappa shape index (κ3) is 5.37. The van der Waals surface area contributed by atoms with Gasteiger partial charge in [0.25, 0.3) is 17.5 Å². The van der Waals surface area contributed by atoms with Crippen LogP contribution in [-0.2, 0) is 6.54 Å². The first-order valence-corrected chi connectivity index (χ1v) is 10.1. The SMILES string of the molecule is CN1CCN(C(=O)c2ccc(CNC(=O)c3ccc(N(C)C)c([N+](=O)[O-])c3)cc2)CC1. The van der Waals surface area contributed by atoms with Gasteiger partial charge in [-0.15, -0.1) is 0 Å². The van der Waals surface area contributed by atoms with Crippen LogP contribution >= 0.6 is 0 Å². The molecule has 0 spiro atoms. The van der Waals surface area contributed by atoms with E-state index in [1.54, 1.807) is 55.4 Å². The molecule has 1 saturated heterocycles. The highest BCUT2D eigenvalue weighted by molar-refractivity contribution is 5.96. The Kier molecular flexibility index (Phi) is 6.86. The van der Waals surface area contributed by atoms with E-state index in [4.69, 9.17) is 0 Å². The van der Waals surface area contributed by atoms with E-state index in [9.17, 15) is 19.7 Å². The lowest BCUT2D eigenvalue weighted by molar-refractivity contribution is -0.384. The predicted octanol–water partition coefficient (Wildman–Crippen LogP) is 1.98. The molecule has 2 aromatic carbocycles. The van der Waals surface area contributed by atoms with Crippen molar-refractivity contribution in [1.29, 1.82) is 0 Å². The molecule has 1 fully saturated rings. The standard InChI is InChI=1S/C22H27N5O4/c1-24(2)19-9-8-18(14-20(19)27(30)31)21(28)23-15-16-4-6-17(7-5-16)22(29)26-12-10-25(3)11-13-26/h4-9,14H,10-13,15H2,1-3H3,(H,23,28). The number of nitrogens with zero attached hydrogens (tertiary/aromatic N) is 4. The summed E-state index contributed by atoms with van der Waals surface area (Å²) in [6.07, 6.45) is 0. The number of carbonyl (C=O) groups excluding carboxylic acids is 2. The molecule has 1 aliphatic heterocycles. The Labute approximate surface area is 181 Å². The van der Waals surface area contributed by atoms with Gasteiger partial charge in [-0.25, -0.2) is 0 Å². The Morgan fingerprint density at radius 3 is 2.23 bits per heavy atom. The lowest BCUT2D eigenvalue weighted by Crippen LogP contribution is -2.47. The molecule has 0 radical (unpaired) electrons. The highest BCUT2D eigenvalue weighted by Crippen LogP contribution is 2.27. The fourth-order valence-corrected chi connectivity index (χ4v) is 3.43. The van der Waals surface area contributed by atoms with Crippen molar-refractivity contribution in [3.05, 3.63) is 69.3 Å². The van der Waals surface area contributed by atoms with Crippen LogP contribution < -0.4 is 10.2 Å². The maximum Gasteiger partial charge on any atom is 0.293 e. The largest absolute Gasteiger partial charge is 0.372 e. The van der Waals surface area contributed by atoms with Crippen LogP contribution in [0.25, 0.3) is 0 Å². The van der Waals surface area contributed by atoms with Crippen LogP contribution in [0.2, 0.25) is 0 Å². The van der Waals surface area contributed by atoms with Crippen molar-refractivity contribution in [2.24, 2.45) is 0 Å². The number of hydrogen-bond acceptors (Lipinski definition) is 6. The molecule has 1 aliphatic rings. The van der Waals surface area contributed by atoms with E-state index in [-0.39, 0.29) is 23.7 Å². The number of likely N-dealkylation sites (N-methyl/N-ethyl adjacent to an activating group) is 1. The van der Waals surface area contributed by atoms with Crippen LogP contribution in [0.15, 0.2) is 42.5 Å². The van der Waals surface area contributed by atoms with E-state index >= 15 is 0 Å². The minimum Gasteiger partial charge on any atom is -0.372 e. The molecule has 0 atom stereocenters. The molecule has 164 valence electrons. The summed E-state index contributed by atoms with van der Waals surface area (Å²) >= 11 is 0. The Bertz CT molecular complexity index is 966. The van der Waals surface area contributed by atoms with E-state index in [1.165, 1.54) is 6.07 Å². The molecular weight excluding hydrogens is 398 g/mol. The number of nitro groups is 1. The molecule has 0 saturated carbocycles. The number of anilines is 1. The highest BCUT2D eigenvalue weighted by Gasteiger charge is 2.21. The quantitative estimate of drug-likeness (QED) is 0.561.